The second-order valence-corrected chi connectivity index (χ2v) is 14.4. The highest BCUT2D eigenvalue weighted by atomic mass is 16.3. The molecule has 5 nitrogen and oxygen atoms in total. The van der Waals surface area contributed by atoms with Crippen LogP contribution in [0, 0.1) is 0 Å². The maximum Gasteiger partial charge on any atom is 0.164 e. The summed E-state index contributed by atoms with van der Waals surface area (Å²) < 4.78 is 12.5. The van der Waals surface area contributed by atoms with Crippen molar-refractivity contribution in [1.29, 1.82) is 0 Å². The van der Waals surface area contributed by atoms with Crippen LogP contribution in [-0.4, -0.2) is 15.0 Å². The molecule has 11 rings (SSSR count). The number of fused-ring (bicyclic) bond motifs is 9. The van der Waals surface area contributed by atoms with E-state index in [-0.39, 0.29) is 5.41 Å². The molecule has 0 radical (unpaired) electrons. The third-order valence-electron chi connectivity index (χ3n) is 10.9. The van der Waals surface area contributed by atoms with E-state index in [2.05, 4.69) is 92.7 Å². The summed E-state index contributed by atoms with van der Waals surface area (Å²) in [7, 11) is 0. The van der Waals surface area contributed by atoms with Crippen molar-refractivity contribution >= 4 is 43.9 Å². The molecule has 0 saturated heterocycles. The predicted molar refractivity (Wildman–Crippen MR) is 214 cm³/mol. The fourth-order valence-corrected chi connectivity index (χ4v) is 8.29. The third kappa shape index (κ3) is 4.54. The molecule has 0 bridgehead atoms. The summed E-state index contributed by atoms with van der Waals surface area (Å²) >= 11 is 0. The van der Waals surface area contributed by atoms with Gasteiger partial charge in [-0.15, -0.1) is 0 Å². The van der Waals surface area contributed by atoms with Gasteiger partial charge >= 0.3 is 0 Å². The average Bonchev–Trinajstić information content (AvgIpc) is 3.84. The van der Waals surface area contributed by atoms with Gasteiger partial charge in [0.2, 0.25) is 0 Å². The van der Waals surface area contributed by atoms with Gasteiger partial charge in [0, 0.05) is 43.7 Å². The number of para-hydroxylation sites is 2. The molecule has 1 aliphatic rings. The van der Waals surface area contributed by atoms with E-state index < -0.39 is 0 Å². The van der Waals surface area contributed by atoms with Crippen molar-refractivity contribution in [2.24, 2.45) is 0 Å². The molecule has 0 saturated carbocycles. The highest BCUT2D eigenvalue weighted by Gasteiger charge is 2.36. The van der Waals surface area contributed by atoms with Crippen molar-refractivity contribution < 1.29 is 8.83 Å². The molecule has 53 heavy (non-hydrogen) atoms. The Morgan fingerprint density at radius 1 is 0.377 bits per heavy atom. The Balaban J connectivity index is 1.06. The van der Waals surface area contributed by atoms with Gasteiger partial charge in [-0.1, -0.05) is 123 Å². The highest BCUT2D eigenvalue weighted by Crippen LogP contribution is 2.51. The van der Waals surface area contributed by atoms with Gasteiger partial charge < -0.3 is 8.83 Å². The number of benzene rings is 7. The number of nitrogens with zero attached hydrogens (tertiary/aromatic N) is 3. The molecule has 0 fully saturated rings. The topological polar surface area (TPSA) is 65.0 Å². The molecule has 10 aromatic rings. The SMILES string of the molecule is CC1(C)c2ccc(-c3cccc(-c4nc(-c5ccccc5)nc(-c5cccc6oc7ccccc7c56)n4)c3)cc2-c2cc3c(cc21)oc1ccccc13. The molecule has 0 aliphatic heterocycles. The Hall–Kier alpha value is -6.85. The molecule has 3 heterocycles. The summed E-state index contributed by atoms with van der Waals surface area (Å²) in [4.78, 5) is 15.3. The number of hydrogen-bond donors (Lipinski definition) is 0. The number of furan rings is 2. The lowest BCUT2D eigenvalue weighted by atomic mass is 9.82. The van der Waals surface area contributed by atoms with Gasteiger partial charge in [-0.3, -0.25) is 0 Å². The van der Waals surface area contributed by atoms with Crippen molar-refractivity contribution in [1.82, 2.24) is 15.0 Å². The monoisotopic (exact) mass is 681 g/mol. The van der Waals surface area contributed by atoms with Gasteiger partial charge in [-0.2, -0.15) is 0 Å². The Morgan fingerprint density at radius 2 is 0.981 bits per heavy atom. The number of rotatable bonds is 4. The molecule has 7 aromatic carbocycles. The van der Waals surface area contributed by atoms with E-state index in [4.69, 9.17) is 23.8 Å². The Bertz CT molecular complexity index is 3100. The first-order valence-corrected chi connectivity index (χ1v) is 17.9. The quantitative estimate of drug-likeness (QED) is 0.185. The second-order valence-electron chi connectivity index (χ2n) is 14.4. The summed E-state index contributed by atoms with van der Waals surface area (Å²) in [6.07, 6.45) is 0. The first-order valence-electron chi connectivity index (χ1n) is 17.9. The minimum absolute atomic E-state index is 0.156. The average molecular weight is 682 g/mol. The van der Waals surface area contributed by atoms with E-state index in [1.165, 1.54) is 22.3 Å². The van der Waals surface area contributed by atoms with Crippen LogP contribution in [0.2, 0.25) is 0 Å². The van der Waals surface area contributed by atoms with Crippen LogP contribution in [0.1, 0.15) is 25.0 Å². The summed E-state index contributed by atoms with van der Waals surface area (Å²) in [5.41, 5.74) is 13.4. The smallest absolute Gasteiger partial charge is 0.164 e. The van der Waals surface area contributed by atoms with Crippen LogP contribution in [0.3, 0.4) is 0 Å². The van der Waals surface area contributed by atoms with Crippen LogP contribution in [0.25, 0.3) is 100 Å². The lowest BCUT2D eigenvalue weighted by Crippen LogP contribution is -2.14. The van der Waals surface area contributed by atoms with Crippen molar-refractivity contribution in [2.45, 2.75) is 19.3 Å². The summed E-state index contributed by atoms with van der Waals surface area (Å²) in [6.45, 7) is 4.62. The van der Waals surface area contributed by atoms with Gasteiger partial charge in [0.05, 0.1) is 0 Å². The highest BCUT2D eigenvalue weighted by molar-refractivity contribution is 6.12. The molecule has 5 heteroatoms. The van der Waals surface area contributed by atoms with Crippen LogP contribution in [0.4, 0.5) is 0 Å². The van der Waals surface area contributed by atoms with Crippen molar-refractivity contribution in [3.63, 3.8) is 0 Å². The zero-order chi connectivity index (χ0) is 35.3. The molecule has 1 aliphatic carbocycles. The number of hydrogen-bond acceptors (Lipinski definition) is 5. The Kier molecular flexibility index (Phi) is 6.23. The molecule has 0 N–H and O–H groups in total. The third-order valence-corrected chi connectivity index (χ3v) is 10.9. The standard InChI is InChI=1S/C48H31N3O2/c1-48(2)38-23-22-30(25-35(38)36-26-37-32-16-6-8-19-40(32)53-43(37)27-39(36)48)29-14-10-15-31(24-29)46-49-45(28-12-4-3-5-13-28)50-47(51-46)34-18-11-21-42-44(34)33-17-7-9-20-41(33)52-42/h3-27H,1-2H3. The lowest BCUT2D eigenvalue weighted by molar-refractivity contribution is 0.647. The first-order chi connectivity index (χ1) is 26.0. The van der Waals surface area contributed by atoms with Crippen LogP contribution in [0.15, 0.2) is 160 Å². The van der Waals surface area contributed by atoms with E-state index in [9.17, 15) is 0 Å². The van der Waals surface area contributed by atoms with E-state index in [1.54, 1.807) is 0 Å². The molecule has 0 spiro atoms. The molecule has 3 aromatic heterocycles. The fraction of sp³-hybridized carbons (Fsp3) is 0.0625. The Morgan fingerprint density at radius 3 is 1.83 bits per heavy atom. The van der Waals surface area contributed by atoms with E-state index in [1.807, 2.05) is 72.8 Å². The fourth-order valence-electron chi connectivity index (χ4n) is 8.29. The van der Waals surface area contributed by atoms with Crippen molar-refractivity contribution in [3.05, 3.63) is 163 Å². The zero-order valence-electron chi connectivity index (χ0n) is 29.1. The molecule has 250 valence electrons. The predicted octanol–water partition coefficient (Wildman–Crippen LogP) is 12.6. The minimum atomic E-state index is -0.156. The van der Waals surface area contributed by atoms with Gasteiger partial charge in [0.15, 0.2) is 17.5 Å². The molecule has 0 amide bonds. The molecular formula is C48H31N3O2. The van der Waals surface area contributed by atoms with Gasteiger partial charge in [-0.05, 0) is 75.8 Å². The summed E-state index contributed by atoms with van der Waals surface area (Å²) in [5.74, 6) is 1.84. The van der Waals surface area contributed by atoms with Crippen LogP contribution in [-0.2, 0) is 5.41 Å². The zero-order valence-corrected chi connectivity index (χ0v) is 29.1. The van der Waals surface area contributed by atoms with E-state index in [0.29, 0.717) is 17.5 Å². The molecular weight excluding hydrogens is 651 g/mol. The largest absolute Gasteiger partial charge is 0.456 e. The van der Waals surface area contributed by atoms with Crippen LogP contribution >= 0.6 is 0 Å². The van der Waals surface area contributed by atoms with Crippen molar-refractivity contribution in [2.75, 3.05) is 0 Å². The van der Waals surface area contributed by atoms with Crippen LogP contribution < -0.4 is 0 Å². The van der Waals surface area contributed by atoms with Gasteiger partial charge in [0.25, 0.3) is 0 Å². The maximum atomic E-state index is 6.31. The summed E-state index contributed by atoms with van der Waals surface area (Å²) in [6, 6.07) is 52.5. The van der Waals surface area contributed by atoms with E-state index >= 15 is 0 Å². The lowest BCUT2D eigenvalue weighted by Gasteiger charge is -2.21. The van der Waals surface area contributed by atoms with E-state index in [0.717, 1.165) is 71.7 Å². The summed E-state index contributed by atoms with van der Waals surface area (Å²) in [5, 5.41) is 4.32. The Labute approximate surface area is 305 Å². The number of aromatic nitrogens is 3. The van der Waals surface area contributed by atoms with Gasteiger partial charge in [0.1, 0.15) is 22.3 Å². The maximum absolute atomic E-state index is 6.31. The van der Waals surface area contributed by atoms with Gasteiger partial charge in [-0.25, -0.2) is 15.0 Å². The normalized spacial score (nSPS) is 13.2. The molecule has 0 atom stereocenters. The van der Waals surface area contributed by atoms with Crippen LogP contribution in [0.5, 0.6) is 0 Å². The minimum Gasteiger partial charge on any atom is -0.456 e. The molecule has 0 unspecified atom stereocenters. The first kappa shape index (κ1) is 29.8. The van der Waals surface area contributed by atoms with Crippen molar-refractivity contribution in [3.8, 4) is 56.4 Å². The second kappa shape index (κ2) is 11.1.